The molecule has 4 nitrogen and oxygen atoms in total. The molecule has 1 aliphatic rings. The highest BCUT2D eigenvalue weighted by Crippen LogP contribution is 2.35. The van der Waals surface area contributed by atoms with Gasteiger partial charge in [-0.1, -0.05) is 0 Å². The molecule has 0 bridgehead atoms. The Morgan fingerprint density at radius 3 is 2.62 bits per heavy atom. The average molecular weight is 303 g/mol. The molecule has 0 radical (unpaired) electrons. The topological polar surface area (TPSA) is 58.6 Å². The minimum absolute atomic E-state index is 0.162. The molecule has 0 amide bonds. The number of hydrogen-bond donors (Lipinski definition) is 2. The summed E-state index contributed by atoms with van der Waals surface area (Å²) in [5.41, 5.74) is -1.73. The number of aromatic carboxylic acids is 1. The van der Waals surface area contributed by atoms with Crippen LogP contribution in [-0.4, -0.2) is 29.3 Å². The van der Waals surface area contributed by atoms with Crippen molar-refractivity contribution in [2.24, 2.45) is 0 Å². The predicted molar refractivity (Wildman–Crippen MR) is 70.5 cm³/mol. The van der Waals surface area contributed by atoms with Gasteiger partial charge < -0.3 is 15.2 Å². The lowest BCUT2D eigenvalue weighted by atomic mass is 9.93. The van der Waals surface area contributed by atoms with E-state index < -0.39 is 28.8 Å². The van der Waals surface area contributed by atoms with Gasteiger partial charge >= 0.3 is 12.1 Å². The van der Waals surface area contributed by atoms with Crippen LogP contribution in [0.1, 0.15) is 36.2 Å². The molecule has 0 aromatic heterocycles. The molecule has 21 heavy (non-hydrogen) atoms. The van der Waals surface area contributed by atoms with E-state index in [1.165, 1.54) is 0 Å². The Bertz CT molecular complexity index is 559. The molecule has 1 aromatic carbocycles. The molecule has 2 unspecified atom stereocenters. The van der Waals surface area contributed by atoms with Crippen molar-refractivity contribution in [3.8, 4) is 0 Å². The van der Waals surface area contributed by atoms with Crippen molar-refractivity contribution in [2.75, 3.05) is 11.9 Å². The molecule has 0 aliphatic carbocycles. The van der Waals surface area contributed by atoms with Gasteiger partial charge in [-0.2, -0.15) is 13.2 Å². The molecular weight excluding hydrogens is 287 g/mol. The zero-order chi connectivity index (χ0) is 15.8. The van der Waals surface area contributed by atoms with Crippen molar-refractivity contribution < 1.29 is 27.8 Å². The third kappa shape index (κ3) is 3.12. The fourth-order valence-electron chi connectivity index (χ4n) is 2.31. The lowest BCUT2D eigenvalue weighted by molar-refractivity contribution is -0.137. The SMILES string of the molecule is CC1OCCC1(C)Nc1ccc(C(F)(F)F)cc1C(=O)O. The molecule has 0 spiro atoms. The van der Waals surface area contributed by atoms with Crippen LogP contribution in [0.2, 0.25) is 0 Å². The second kappa shape index (κ2) is 5.22. The van der Waals surface area contributed by atoms with Gasteiger partial charge in [-0.05, 0) is 38.5 Å². The van der Waals surface area contributed by atoms with Gasteiger partial charge in [0.1, 0.15) is 0 Å². The number of alkyl halides is 3. The second-order valence-electron chi connectivity index (χ2n) is 5.37. The van der Waals surface area contributed by atoms with Crippen LogP contribution in [0.15, 0.2) is 18.2 Å². The Morgan fingerprint density at radius 2 is 2.14 bits per heavy atom. The minimum Gasteiger partial charge on any atom is -0.478 e. The van der Waals surface area contributed by atoms with Crippen molar-refractivity contribution in [3.63, 3.8) is 0 Å². The lowest BCUT2D eigenvalue weighted by Gasteiger charge is -2.31. The average Bonchev–Trinajstić information content (AvgIpc) is 2.68. The Labute approximate surface area is 119 Å². The number of benzene rings is 1. The number of carboxylic acids is 1. The Morgan fingerprint density at radius 1 is 1.48 bits per heavy atom. The molecule has 2 N–H and O–H groups in total. The van der Waals surface area contributed by atoms with Crippen LogP contribution in [0, 0.1) is 0 Å². The molecule has 1 aliphatic heterocycles. The zero-order valence-electron chi connectivity index (χ0n) is 11.6. The molecule has 2 atom stereocenters. The maximum atomic E-state index is 12.7. The standard InChI is InChI=1S/C14H16F3NO3/c1-8-13(2,5-6-21-8)18-11-4-3-9(14(15,16)17)7-10(11)12(19)20/h3-4,7-8,18H,5-6H2,1-2H3,(H,19,20). The van der Waals surface area contributed by atoms with Crippen molar-refractivity contribution in [1.29, 1.82) is 0 Å². The molecule has 2 rings (SSSR count). The third-order valence-electron chi connectivity index (χ3n) is 3.88. The maximum absolute atomic E-state index is 12.7. The maximum Gasteiger partial charge on any atom is 0.416 e. The monoisotopic (exact) mass is 303 g/mol. The number of halogens is 3. The van der Waals surface area contributed by atoms with Gasteiger partial charge in [0.15, 0.2) is 0 Å². The van der Waals surface area contributed by atoms with E-state index in [4.69, 9.17) is 9.84 Å². The largest absolute Gasteiger partial charge is 0.478 e. The van der Waals surface area contributed by atoms with E-state index in [2.05, 4.69) is 5.32 Å². The zero-order valence-corrected chi connectivity index (χ0v) is 11.6. The quantitative estimate of drug-likeness (QED) is 0.898. The number of rotatable bonds is 3. The highest BCUT2D eigenvalue weighted by atomic mass is 19.4. The molecule has 1 heterocycles. The molecule has 1 saturated heterocycles. The summed E-state index contributed by atoms with van der Waals surface area (Å²) in [6.07, 6.45) is -4.09. The van der Waals surface area contributed by atoms with Gasteiger partial charge in [0.2, 0.25) is 0 Å². The van der Waals surface area contributed by atoms with Crippen LogP contribution in [0.5, 0.6) is 0 Å². The van der Waals surface area contributed by atoms with E-state index in [1.54, 1.807) is 0 Å². The van der Waals surface area contributed by atoms with Crippen LogP contribution in [0.4, 0.5) is 18.9 Å². The van der Waals surface area contributed by atoms with Gasteiger partial charge in [-0.3, -0.25) is 0 Å². The molecule has 1 fully saturated rings. The Balaban J connectivity index is 2.38. The van der Waals surface area contributed by atoms with E-state index in [-0.39, 0.29) is 11.8 Å². The van der Waals surface area contributed by atoms with Gasteiger partial charge in [-0.25, -0.2) is 4.79 Å². The van der Waals surface area contributed by atoms with Gasteiger partial charge in [0.05, 0.1) is 22.8 Å². The van der Waals surface area contributed by atoms with E-state index in [0.717, 1.165) is 12.1 Å². The number of hydrogen-bond acceptors (Lipinski definition) is 3. The molecule has 7 heteroatoms. The first-order valence-corrected chi connectivity index (χ1v) is 6.48. The molecule has 0 saturated carbocycles. The smallest absolute Gasteiger partial charge is 0.416 e. The van der Waals surface area contributed by atoms with Gasteiger partial charge in [0.25, 0.3) is 0 Å². The fraction of sp³-hybridized carbons (Fsp3) is 0.500. The van der Waals surface area contributed by atoms with E-state index in [1.807, 2.05) is 13.8 Å². The summed E-state index contributed by atoms with van der Waals surface area (Å²) >= 11 is 0. The highest BCUT2D eigenvalue weighted by molar-refractivity contribution is 5.94. The van der Waals surface area contributed by atoms with Gasteiger partial charge in [-0.15, -0.1) is 0 Å². The van der Waals surface area contributed by atoms with E-state index in [0.29, 0.717) is 19.1 Å². The number of anilines is 1. The van der Waals surface area contributed by atoms with Crippen LogP contribution in [-0.2, 0) is 10.9 Å². The highest BCUT2D eigenvalue weighted by Gasteiger charge is 2.38. The number of ether oxygens (including phenoxy) is 1. The summed E-state index contributed by atoms with van der Waals surface area (Å²) in [7, 11) is 0. The summed E-state index contributed by atoms with van der Waals surface area (Å²) in [6, 6.07) is 2.68. The first-order chi connectivity index (χ1) is 9.63. The predicted octanol–water partition coefficient (Wildman–Crippen LogP) is 3.38. The summed E-state index contributed by atoms with van der Waals surface area (Å²) in [4.78, 5) is 11.2. The summed E-state index contributed by atoms with van der Waals surface area (Å²) in [6.45, 7) is 4.21. The van der Waals surface area contributed by atoms with E-state index >= 15 is 0 Å². The van der Waals surface area contributed by atoms with Crippen LogP contribution in [0.3, 0.4) is 0 Å². The van der Waals surface area contributed by atoms with Crippen LogP contribution < -0.4 is 5.32 Å². The van der Waals surface area contributed by atoms with Crippen molar-refractivity contribution in [2.45, 2.75) is 38.1 Å². The van der Waals surface area contributed by atoms with Gasteiger partial charge in [0, 0.05) is 12.3 Å². The molecular formula is C14H16F3NO3. The van der Waals surface area contributed by atoms with Crippen LogP contribution >= 0.6 is 0 Å². The lowest BCUT2D eigenvalue weighted by Crippen LogP contribution is -2.41. The molecule has 116 valence electrons. The van der Waals surface area contributed by atoms with Crippen molar-refractivity contribution in [1.82, 2.24) is 0 Å². The minimum atomic E-state index is -4.57. The summed E-state index contributed by atoms with van der Waals surface area (Å²) in [5, 5.41) is 12.2. The first kappa shape index (κ1) is 15.6. The second-order valence-corrected chi connectivity index (χ2v) is 5.37. The van der Waals surface area contributed by atoms with Crippen molar-refractivity contribution in [3.05, 3.63) is 29.3 Å². The first-order valence-electron chi connectivity index (χ1n) is 6.48. The number of nitrogens with one attached hydrogen (secondary N) is 1. The third-order valence-corrected chi connectivity index (χ3v) is 3.88. The Kier molecular flexibility index (Phi) is 3.88. The van der Waals surface area contributed by atoms with E-state index in [9.17, 15) is 18.0 Å². The summed E-state index contributed by atoms with van der Waals surface area (Å²) < 4.78 is 43.4. The number of carboxylic acid groups (broad SMARTS) is 1. The normalized spacial score (nSPS) is 25.9. The fourth-order valence-corrected chi connectivity index (χ4v) is 2.31. The van der Waals surface area contributed by atoms with Crippen molar-refractivity contribution >= 4 is 11.7 Å². The Hall–Kier alpha value is -1.76. The molecule has 1 aromatic rings. The van der Waals surface area contributed by atoms with Crippen LogP contribution in [0.25, 0.3) is 0 Å². The number of carbonyl (C=O) groups is 1. The summed E-state index contributed by atoms with van der Waals surface area (Å²) in [5.74, 6) is -1.40.